The minimum atomic E-state index is -0.461. The summed E-state index contributed by atoms with van der Waals surface area (Å²) in [6.07, 6.45) is 0. The molecule has 3 aliphatic rings. The second kappa shape index (κ2) is 7.82. The van der Waals surface area contributed by atoms with Gasteiger partial charge in [0.05, 0.1) is 17.6 Å². The van der Waals surface area contributed by atoms with Crippen molar-refractivity contribution in [3.05, 3.63) is 144 Å². The number of fused-ring (bicyclic) bond motifs is 8. The molecule has 0 amide bonds. The van der Waals surface area contributed by atoms with Crippen LogP contribution in [0.3, 0.4) is 0 Å². The van der Waals surface area contributed by atoms with E-state index in [2.05, 4.69) is 139 Å². The van der Waals surface area contributed by atoms with Crippen LogP contribution in [0.1, 0.15) is 36.1 Å². The van der Waals surface area contributed by atoms with E-state index in [4.69, 9.17) is 9.98 Å². The molecule has 4 heteroatoms. The Bertz CT molecular complexity index is 2100. The van der Waals surface area contributed by atoms with Crippen LogP contribution in [0.15, 0.2) is 131 Å². The molecule has 5 aromatic carbocycles. The lowest BCUT2D eigenvalue weighted by Gasteiger charge is -2.26. The quantitative estimate of drug-likeness (QED) is 0.210. The molecule has 9 rings (SSSR count). The maximum absolute atomic E-state index is 5.37. The van der Waals surface area contributed by atoms with Crippen molar-refractivity contribution >= 4 is 33.6 Å². The summed E-state index contributed by atoms with van der Waals surface area (Å²) in [6.45, 7) is 5.52. The first-order chi connectivity index (χ1) is 20.1. The summed E-state index contributed by atoms with van der Waals surface area (Å²) in [5, 5.41) is 2.51. The van der Waals surface area contributed by atoms with Gasteiger partial charge in [-0.25, -0.2) is 4.99 Å². The van der Waals surface area contributed by atoms with Gasteiger partial charge in [0.2, 0.25) is 5.96 Å². The van der Waals surface area contributed by atoms with Crippen LogP contribution >= 0.6 is 0 Å². The molecule has 3 heterocycles. The van der Waals surface area contributed by atoms with Crippen molar-refractivity contribution in [1.82, 2.24) is 9.47 Å². The lowest BCUT2D eigenvalue weighted by atomic mass is 9.81. The largest absolute Gasteiger partial charge is 0.307 e. The van der Waals surface area contributed by atoms with Gasteiger partial charge in [0.25, 0.3) is 0 Å². The molecule has 1 fully saturated rings. The van der Waals surface area contributed by atoms with Gasteiger partial charge in [0.1, 0.15) is 0 Å². The molecule has 196 valence electrons. The van der Waals surface area contributed by atoms with Crippen LogP contribution in [-0.4, -0.2) is 27.8 Å². The van der Waals surface area contributed by atoms with Crippen molar-refractivity contribution in [3.8, 4) is 11.1 Å². The van der Waals surface area contributed by atoms with E-state index in [0.717, 1.165) is 23.9 Å². The van der Waals surface area contributed by atoms with E-state index in [1.165, 1.54) is 49.6 Å². The molecule has 1 aliphatic carbocycles. The van der Waals surface area contributed by atoms with Gasteiger partial charge >= 0.3 is 0 Å². The molecule has 1 atom stereocenters. The molecular formula is C37H28N4. The number of rotatable bonds is 2. The Morgan fingerprint density at radius 1 is 0.659 bits per heavy atom. The SMILES string of the molecule is CC1(C)c2ccccc2-c2ccc3c4ccccc4n(C4=NC(c5ccccc5)=NC5(c6ccccc6)CN45)c3c21. The molecule has 1 aromatic heterocycles. The average Bonchev–Trinajstić information content (AvgIpc) is 3.63. The van der Waals surface area contributed by atoms with E-state index in [0.29, 0.717) is 0 Å². The third kappa shape index (κ3) is 2.94. The number of amidine groups is 1. The predicted octanol–water partition coefficient (Wildman–Crippen LogP) is 7.93. The van der Waals surface area contributed by atoms with Crippen molar-refractivity contribution in [2.24, 2.45) is 9.98 Å². The smallest absolute Gasteiger partial charge is 0.215 e. The zero-order chi connectivity index (χ0) is 27.3. The molecule has 6 aromatic rings. The number of benzene rings is 5. The third-order valence-corrected chi connectivity index (χ3v) is 9.28. The fourth-order valence-corrected chi connectivity index (χ4v) is 7.30. The highest BCUT2D eigenvalue weighted by Crippen LogP contribution is 2.54. The molecule has 1 unspecified atom stereocenters. The minimum Gasteiger partial charge on any atom is -0.307 e. The van der Waals surface area contributed by atoms with Gasteiger partial charge < -0.3 is 4.90 Å². The first-order valence-electron chi connectivity index (χ1n) is 14.3. The number of nitrogens with zero attached hydrogens (tertiary/aromatic N) is 4. The second-order valence-corrected chi connectivity index (χ2v) is 11.9. The molecule has 0 N–H and O–H groups in total. The van der Waals surface area contributed by atoms with Crippen molar-refractivity contribution in [3.63, 3.8) is 0 Å². The molecule has 0 spiro atoms. The van der Waals surface area contributed by atoms with E-state index >= 15 is 0 Å². The topological polar surface area (TPSA) is 32.7 Å². The van der Waals surface area contributed by atoms with E-state index in [-0.39, 0.29) is 5.41 Å². The Morgan fingerprint density at radius 3 is 2.20 bits per heavy atom. The summed E-state index contributed by atoms with van der Waals surface area (Å²) in [4.78, 5) is 13.1. The van der Waals surface area contributed by atoms with E-state index < -0.39 is 5.66 Å². The zero-order valence-corrected chi connectivity index (χ0v) is 23.0. The van der Waals surface area contributed by atoms with Crippen molar-refractivity contribution in [2.75, 3.05) is 6.54 Å². The summed E-state index contributed by atoms with van der Waals surface area (Å²) >= 11 is 0. The number of aliphatic imine (C=N–C) groups is 2. The van der Waals surface area contributed by atoms with Crippen molar-refractivity contribution in [2.45, 2.75) is 24.9 Å². The third-order valence-electron chi connectivity index (χ3n) is 9.28. The minimum absolute atomic E-state index is 0.154. The number of hydrogen-bond donors (Lipinski definition) is 0. The van der Waals surface area contributed by atoms with Crippen LogP contribution in [0.2, 0.25) is 0 Å². The van der Waals surface area contributed by atoms with Gasteiger partial charge in [0, 0.05) is 27.3 Å². The zero-order valence-electron chi connectivity index (χ0n) is 23.0. The van der Waals surface area contributed by atoms with Crippen LogP contribution in [0.4, 0.5) is 0 Å². The second-order valence-electron chi connectivity index (χ2n) is 11.9. The molecule has 0 bridgehead atoms. The predicted molar refractivity (Wildman–Crippen MR) is 168 cm³/mol. The summed E-state index contributed by atoms with van der Waals surface area (Å²) in [6, 6.07) is 43.4. The average molecular weight is 529 g/mol. The van der Waals surface area contributed by atoms with Crippen LogP contribution in [0, 0.1) is 0 Å². The van der Waals surface area contributed by atoms with Gasteiger partial charge in [-0.2, -0.15) is 4.99 Å². The van der Waals surface area contributed by atoms with Crippen LogP contribution < -0.4 is 0 Å². The van der Waals surface area contributed by atoms with Gasteiger partial charge in [0.15, 0.2) is 11.5 Å². The van der Waals surface area contributed by atoms with Gasteiger partial charge in [-0.3, -0.25) is 4.57 Å². The number of hydrogen-bond acceptors (Lipinski definition) is 3. The standard InChI is InChI=1S/C37H28N4/c1-36(2)30-19-11-9-17-26(30)28-21-22-29-27-18-10-12-20-31(27)41(33(29)32(28)36)35-38-34(24-13-5-3-6-14-24)39-37(23-40(35)37)25-15-7-4-8-16-25/h3-22H,23H2,1-2H3. The Morgan fingerprint density at radius 2 is 1.37 bits per heavy atom. The Hall–Kier alpha value is -4.96. The Labute approximate surface area is 238 Å². The molecule has 1 saturated heterocycles. The molecule has 41 heavy (non-hydrogen) atoms. The van der Waals surface area contributed by atoms with Crippen LogP contribution in [-0.2, 0) is 11.1 Å². The van der Waals surface area contributed by atoms with Crippen molar-refractivity contribution < 1.29 is 0 Å². The van der Waals surface area contributed by atoms with E-state index in [1.54, 1.807) is 0 Å². The highest BCUT2D eigenvalue weighted by Gasteiger charge is 2.58. The highest BCUT2D eigenvalue weighted by atomic mass is 15.6. The van der Waals surface area contributed by atoms with Gasteiger partial charge in [-0.05, 0) is 28.3 Å². The maximum atomic E-state index is 5.37. The molecule has 0 radical (unpaired) electrons. The molecular weight excluding hydrogens is 500 g/mol. The van der Waals surface area contributed by atoms with Crippen molar-refractivity contribution in [1.29, 1.82) is 0 Å². The number of para-hydroxylation sites is 1. The molecule has 4 nitrogen and oxygen atoms in total. The fourth-order valence-electron chi connectivity index (χ4n) is 7.30. The normalized spacial score (nSPS) is 19.9. The summed E-state index contributed by atoms with van der Waals surface area (Å²) in [5.74, 6) is 1.72. The number of aromatic nitrogens is 1. The van der Waals surface area contributed by atoms with Gasteiger partial charge in [-0.1, -0.05) is 129 Å². The van der Waals surface area contributed by atoms with Gasteiger partial charge in [-0.15, -0.1) is 0 Å². The first kappa shape index (κ1) is 22.8. The lowest BCUT2D eigenvalue weighted by Crippen LogP contribution is -2.32. The fraction of sp³-hybridized carbons (Fsp3) is 0.135. The summed E-state index contributed by atoms with van der Waals surface area (Å²) in [5.41, 5.74) is 9.41. The first-order valence-corrected chi connectivity index (χ1v) is 14.3. The van der Waals surface area contributed by atoms with E-state index in [1.807, 2.05) is 6.07 Å². The molecule has 0 saturated carbocycles. The molecule has 2 aliphatic heterocycles. The monoisotopic (exact) mass is 528 g/mol. The Kier molecular flexibility index (Phi) is 4.35. The summed E-state index contributed by atoms with van der Waals surface area (Å²) in [7, 11) is 0. The van der Waals surface area contributed by atoms with Crippen LogP contribution in [0.25, 0.3) is 32.9 Å². The maximum Gasteiger partial charge on any atom is 0.215 e. The van der Waals surface area contributed by atoms with E-state index in [9.17, 15) is 0 Å². The summed E-state index contributed by atoms with van der Waals surface area (Å²) < 4.78 is 2.43. The Balaban J connectivity index is 1.38. The van der Waals surface area contributed by atoms with Crippen LogP contribution in [0.5, 0.6) is 0 Å². The highest BCUT2D eigenvalue weighted by molar-refractivity contribution is 6.19. The lowest BCUT2D eigenvalue weighted by molar-refractivity contribution is 0.551.